The SMILES string of the molecule is CCc1cc(C(=O)O)cc2c(CCN3CCCC3)c(C)n(C)c12. The summed E-state index contributed by atoms with van der Waals surface area (Å²) < 4.78 is 2.24. The van der Waals surface area contributed by atoms with E-state index in [0.29, 0.717) is 5.56 Å². The molecule has 0 bridgehead atoms. The van der Waals surface area contributed by atoms with E-state index in [2.05, 4.69) is 30.4 Å². The summed E-state index contributed by atoms with van der Waals surface area (Å²) in [5.74, 6) is -0.839. The molecule has 1 saturated heterocycles. The largest absolute Gasteiger partial charge is 0.478 e. The van der Waals surface area contributed by atoms with Gasteiger partial charge in [0.2, 0.25) is 0 Å². The van der Waals surface area contributed by atoms with Crippen LogP contribution in [0.15, 0.2) is 12.1 Å². The monoisotopic (exact) mass is 314 g/mol. The van der Waals surface area contributed by atoms with Crippen LogP contribution in [-0.2, 0) is 19.9 Å². The number of carboxylic acids is 1. The van der Waals surface area contributed by atoms with Crippen molar-refractivity contribution < 1.29 is 9.90 Å². The topological polar surface area (TPSA) is 45.5 Å². The Morgan fingerprint density at radius 3 is 2.57 bits per heavy atom. The lowest BCUT2D eigenvalue weighted by Crippen LogP contribution is -2.22. The van der Waals surface area contributed by atoms with Crippen LogP contribution in [0, 0.1) is 6.92 Å². The molecule has 2 aromatic rings. The fourth-order valence-corrected chi connectivity index (χ4v) is 3.87. The first-order valence-electron chi connectivity index (χ1n) is 8.59. The number of fused-ring (bicyclic) bond motifs is 1. The van der Waals surface area contributed by atoms with Crippen molar-refractivity contribution in [3.8, 4) is 0 Å². The van der Waals surface area contributed by atoms with E-state index in [1.165, 1.54) is 42.7 Å². The molecule has 23 heavy (non-hydrogen) atoms. The fourth-order valence-electron chi connectivity index (χ4n) is 3.87. The zero-order valence-electron chi connectivity index (χ0n) is 14.4. The summed E-state index contributed by atoms with van der Waals surface area (Å²) in [5.41, 5.74) is 5.30. The molecule has 0 saturated carbocycles. The van der Waals surface area contributed by atoms with Crippen molar-refractivity contribution >= 4 is 16.9 Å². The van der Waals surface area contributed by atoms with Gasteiger partial charge in [-0.2, -0.15) is 0 Å². The van der Waals surface area contributed by atoms with Crippen LogP contribution in [0.5, 0.6) is 0 Å². The van der Waals surface area contributed by atoms with Gasteiger partial charge in [-0.15, -0.1) is 0 Å². The van der Waals surface area contributed by atoms with Gasteiger partial charge < -0.3 is 14.6 Å². The van der Waals surface area contributed by atoms with Crippen LogP contribution in [0.1, 0.15) is 46.9 Å². The Kier molecular flexibility index (Phi) is 4.44. The average molecular weight is 314 g/mol. The number of hydrogen-bond donors (Lipinski definition) is 1. The van der Waals surface area contributed by atoms with Gasteiger partial charge >= 0.3 is 5.97 Å². The molecule has 0 spiro atoms. The highest BCUT2D eigenvalue weighted by atomic mass is 16.4. The van der Waals surface area contributed by atoms with Gasteiger partial charge in [-0.05, 0) is 69.0 Å². The zero-order chi connectivity index (χ0) is 16.6. The van der Waals surface area contributed by atoms with E-state index in [1.807, 2.05) is 12.1 Å². The van der Waals surface area contributed by atoms with Crippen molar-refractivity contribution in [2.45, 2.75) is 39.5 Å². The quantitative estimate of drug-likeness (QED) is 0.920. The molecule has 4 heteroatoms. The number of aromatic nitrogens is 1. The van der Waals surface area contributed by atoms with E-state index in [0.717, 1.165) is 30.3 Å². The van der Waals surface area contributed by atoms with Crippen LogP contribution in [0.2, 0.25) is 0 Å². The summed E-state index contributed by atoms with van der Waals surface area (Å²) in [6.45, 7) is 7.71. The normalized spacial score (nSPS) is 15.6. The van der Waals surface area contributed by atoms with Gasteiger partial charge in [0.25, 0.3) is 0 Å². The van der Waals surface area contributed by atoms with Crippen molar-refractivity contribution in [2.75, 3.05) is 19.6 Å². The average Bonchev–Trinajstić information content (AvgIpc) is 3.13. The summed E-state index contributed by atoms with van der Waals surface area (Å²) in [6, 6.07) is 3.69. The lowest BCUT2D eigenvalue weighted by molar-refractivity contribution is 0.0697. The van der Waals surface area contributed by atoms with E-state index < -0.39 is 5.97 Å². The highest BCUT2D eigenvalue weighted by molar-refractivity contribution is 5.97. The molecule has 1 aliphatic rings. The summed E-state index contributed by atoms with van der Waals surface area (Å²) in [6.07, 6.45) is 4.45. The third-order valence-corrected chi connectivity index (χ3v) is 5.29. The van der Waals surface area contributed by atoms with E-state index in [-0.39, 0.29) is 0 Å². The van der Waals surface area contributed by atoms with Gasteiger partial charge in [-0.3, -0.25) is 0 Å². The van der Waals surface area contributed by atoms with Crippen molar-refractivity contribution in [3.05, 3.63) is 34.5 Å². The van der Waals surface area contributed by atoms with E-state index >= 15 is 0 Å². The molecular weight excluding hydrogens is 288 g/mol. The second kappa shape index (κ2) is 6.36. The molecule has 0 amide bonds. The third-order valence-electron chi connectivity index (χ3n) is 5.29. The number of aromatic carboxylic acids is 1. The van der Waals surface area contributed by atoms with Crippen LogP contribution in [-0.4, -0.2) is 40.2 Å². The minimum absolute atomic E-state index is 0.405. The molecule has 0 radical (unpaired) electrons. The van der Waals surface area contributed by atoms with Crippen LogP contribution in [0.4, 0.5) is 0 Å². The predicted octanol–water partition coefficient (Wildman–Crippen LogP) is 3.39. The lowest BCUT2D eigenvalue weighted by atomic mass is 10.0. The van der Waals surface area contributed by atoms with Crippen LogP contribution < -0.4 is 0 Å². The number of rotatable bonds is 5. The minimum Gasteiger partial charge on any atom is -0.478 e. The van der Waals surface area contributed by atoms with Crippen LogP contribution in [0.25, 0.3) is 10.9 Å². The summed E-state index contributed by atoms with van der Waals surface area (Å²) in [5, 5.41) is 10.5. The molecule has 1 aromatic carbocycles. The molecular formula is C19H26N2O2. The third kappa shape index (κ3) is 2.88. The molecule has 1 N–H and O–H groups in total. The van der Waals surface area contributed by atoms with Gasteiger partial charge in [0, 0.05) is 24.7 Å². The maximum absolute atomic E-state index is 11.5. The number of aryl methyl sites for hydroxylation is 2. The minimum atomic E-state index is -0.839. The molecule has 124 valence electrons. The van der Waals surface area contributed by atoms with Gasteiger partial charge in [0.15, 0.2) is 0 Å². The second-order valence-electron chi connectivity index (χ2n) is 6.61. The summed E-state index contributed by atoms with van der Waals surface area (Å²) in [7, 11) is 2.09. The Bertz CT molecular complexity index is 740. The molecule has 1 aliphatic heterocycles. The molecule has 4 nitrogen and oxygen atoms in total. The van der Waals surface area contributed by atoms with Gasteiger partial charge in [-0.25, -0.2) is 4.79 Å². The molecule has 3 rings (SSSR count). The fraction of sp³-hybridized carbons (Fsp3) is 0.526. The highest BCUT2D eigenvalue weighted by Gasteiger charge is 2.19. The number of nitrogens with zero attached hydrogens (tertiary/aromatic N) is 2. The van der Waals surface area contributed by atoms with Gasteiger partial charge in [0.1, 0.15) is 0 Å². The Morgan fingerprint density at radius 2 is 1.96 bits per heavy atom. The van der Waals surface area contributed by atoms with Crippen LogP contribution in [0.3, 0.4) is 0 Å². The smallest absolute Gasteiger partial charge is 0.335 e. The molecule has 0 unspecified atom stereocenters. The number of carbonyl (C=O) groups is 1. The van der Waals surface area contributed by atoms with E-state index in [4.69, 9.17) is 0 Å². The first kappa shape index (κ1) is 16.1. The Labute approximate surface area is 137 Å². The van der Waals surface area contributed by atoms with Crippen molar-refractivity contribution in [3.63, 3.8) is 0 Å². The van der Waals surface area contributed by atoms with E-state index in [9.17, 15) is 9.90 Å². The van der Waals surface area contributed by atoms with Crippen molar-refractivity contribution in [2.24, 2.45) is 7.05 Å². The number of hydrogen-bond acceptors (Lipinski definition) is 2. The zero-order valence-corrected chi connectivity index (χ0v) is 14.4. The number of likely N-dealkylation sites (tertiary alicyclic amines) is 1. The number of carboxylic acid groups (broad SMARTS) is 1. The van der Waals surface area contributed by atoms with Gasteiger partial charge in [-0.1, -0.05) is 6.92 Å². The first-order chi connectivity index (χ1) is 11.0. The second-order valence-corrected chi connectivity index (χ2v) is 6.61. The van der Waals surface area contributed by atoms with Crippen LogP contribution >= 0.6 is 0 Å². The standard InChI is InChI=1S/C19H26N2O2/c1-4-14-11-15(19(22)23)12-17-16(13(2)20(3)18(14)17)7-10-21-8-5-6-9-21/h11-12H,4-10H2,1-3H3,(H,22,23). The number of benzene rings is 1. The van der Waals surface area contributed by atoms with Crippen molar-refractivity contribution in [1.82, 2.24) is 9.47 Å². The predicted molar refractivity (Wildman–Crippen MR) is 93.4 cm³/mol. The van der Waals surface area contributed by atoms with Crippen molar-refractivity contribution in [1.29, 1.82) is 0 Å². The highest BCUT2D eigenvalue weighted by Crippen LogP contribution is 2.30. The molecule has 0 aliphatic carbocycles. The molecule has 2 heterocycles. The summed E-state index contributed by atoms with van der Waals surface area (Å²) in [4.78, 5) is 14.0. The maximum atomic E-state index is 11.5. The Morgan fingerprint density at radius 1 is 1.26 bits per heavy atom. The van der Waals surface area contributed by atoms with E-state index in [1.54, 1.807) is 0 Å². The lowest BCUT2D eigenvalue weighted by Gasteiger charge is -2.14. The Balaban J connectivity index is 2.06. The Hall–Kier alpha value is -1.81. The molecule has 1 fully saturated rings. The summed E-state index contributed by atoms with van der Waals surface area (Å²) >= 11 is 0. The molecule has 1 aromatic heterocycles. The first-order valence-corrected chi connectivity index (χ1v) is 8.59. The maximum Gasteiger partial charge on any atom is 0.335 e. The molecule has 0 atom stereocenters. The van der Waals surface area contributed by atoms with Gasteiger partial charge in [0.05, 0.1) is 11.1 Å².